The molecule has 15 atom stereocenters. The summed E-state index contributed by atoms with van der Waals surface area (Å²) >= 11 is 0. The summed E-state index contributed by atoms with van der Waals surface area (Å²) < 4.78 is 27.7. The van der Waals surface area contributed by atoms with E-state index in [0.29, 0.717) is 0 Å². The number of ether oxygens (including phenoxy) is 5. The minimum absolute atomic E-state index is 0.703. The van der Waals surface area contributed by atoms with E-state index >= 15 is 0 Å². The monoisotopic (exact) mass is 559 g/mol. The fourth-order valence-corrected chi connectivity index (χ4v) is 4.58. The number of hydrogen-bond acceptors (Lipinski definition) is 17. The lowest BCUT2D eigenvalue weighted by atomic mass is 9.94. The van der Waals surface area contributed by atoms with Crippen LogP contribution < -0.4 is 16.8 Å². The molecule has 3 saturated heterocycles. The second kappa shape index (κ2) is 13.5. The molecule has 0 saturated carbocycles. The van der Waals surface area contributed by atoms with Crippen molar-refractivity contribution in [2.45, 2.75) is 91.9 Å². The Morgan fingerprint density at radius 2 is 1.24 bits per heavy atom. The number of aliphatic carboxylic acids is 1. The zero-order chi connectivity index (χ0) is 28.3. The van der Waals surface area contributed by atoms with Crippen molar-refractivity contribution < 1.29 is 74.4 Å². The van der Waals surface area contributed by atoms with E-state index in [4.69, 9.17) is 40.3 Å². The molecule has 3 rings (SSSR count). The van der Waals surface area contributed by atoms with E-state index in [1.54, 1.807) is 0 Å². The minimum atomic E-state index is -1.70. The van der Waals surface area contributed by atoms with Gasteiger partial charge in [-0.3, -0.25) is 10.1 Å². The third kappa shape index (κ3) is 6.58. The first kappa shape index (κ1) is 31.4. The predicted molar refractivity (Wildman–Crippen MR) is 119 cm³/mol. The summed E-state index contributed by atoms with van der Waals surface area (Å²) in [5, 5.41) is 92.4. The normalized spacial score (nSPS) is 48.1. The molecule has 3 heterocycles. The van der Waals surface area contributed by atoms with E-state index in [1.807, 2.05) is 0 Å². The molecule has 14 N–H and O–H groups in total. The molecule has 0 bridgehead atoms. The molecule has 222 valence electrons. The van der Waals surface area contributed by atoms with Crippen molar-refractivity contribution in [3.8, 4) is 0 Å². The quantitative estimate of drug-likeness (QED) is 0.118. The molecule has 0 aromatic rings. The van der Waals surface area contributed by atoms with E-state index in [0.717, 1.165) is 0 Å². The molecule has 38 heavy (non-hydrogen) atoms. The van der Waals surface area contributed by atoms with Crippen LogP contribution in [0.15, 0.2) is 0 Å². The number of hydrogen-bond donors (Lipinski definition) is 12. The van der Waals surface area contributed by atoms with Gasteiger partial charge in [-0.05, 0) is 0 Å². The van der Waals surface area contributed by atoms with Crippen molar-refractivity contribution in [2.75, 3.05) is 26.4 Å². The first-order valence-corrected chi connectivity index (χ1v) is 11.9. The molecule has 3 aliphatic heterocycles. The van der Waals surface area contributed by atoms with Gasteiger partial charge in [-0.2, -0.15) is 0 Å². The lowest BCUT2D eigenvalue weighted by Gasteiger charge is -2.49. The largest absolute Gasteiger partial charge is 0.480 e. The molecule has 0 aliphatic carbocycles. The van der Waals surface area contributed by atoms with Crippen molar-refractivity contribution in [1.29, 1.82) is 0 Å². The smallest absolute Gasteiger partial charge is 0.317 e. The van der Waals surface area contributed by atoms with E-state index in [9.17, 15) is 45.6 Å². The standard InChI is InChI=1S/C20H37N3O15/c21-9-14(31)16(6(3-25)34-18(9)33)38-20-11(23-1-8(27)28)15(32)17(7(4-26)36-20)37-19-10(22)13(30)12(29)5(2-24)35-19/h5-7,9-20,23-26,29-33H,1-4,21-22H2,(H,27,28)/t5-,6-,7-,9-,10-,11-,12-,13-,14-,15-,16?,17?,18-,19+,20+/m1/s1. The first-order chi connectivity index (χ1) is 17.9. The Balaban J connectivity index is 1.83. The van der Waals surface area contributed by atoms with Gasteiger partial charge in [-0.1, -0.05) is 0 Å². The molecule has 0 amide bonds. The molecule has 0 spiro atoms. The summed E-state index contributed by atoms with van der Waals surface area (Å²) in [7, 11) is 0. The summed E-state index contributed by atoms with van der Waals surface area (Å²) in [6, 6.07) is -4.11. The summed E-state index contributed by atoms with van der Waals surface area (Å²) in [6.07, 6.45) is -18.0. The highest BCUT2D eigenvalue weighted by molar-refractivity contribution is 5.69. The van der Waals surface area contributed by atoms with Gasteiger partial charge in [0.2, 0.25) is 0 Å². The topological polar surface area (TPSA) is 309 Å². The molecule has 0 aromatic carbocycles. The van der Waals surface area contributed by atoms with Gasteiger partial charge in [0, 0.05) is 0 Å². The number of rotatable bonds is 10. The Morgan fingerprint density at radius 3 is 1.82 bits per heavy atom. The number of carbonyl (C=O) groups is 1. The summed E-state index contributed by atoms with van der Waals surface area (Å²) in [4.78, 5) is 11.2. The number of nitrogens with one attached hydrogen (secondary N) is 1. The molecule has 3 fully saturated rings. The van der Waals surface area contributed by atoms with Gasteiger partial charge in [0.15, 0.2) is 18.9 Å². The molecular formula is C20H37N3O15. The summed E-state index contributed by atoms with van der Waals surface area (Å²) in [5.41, 5.74) is 11.6. The molecule has 18 heteroatoms. The van der Waals surface area contributed by atoms with E-state index < -0.39 is 124 Å². The van der Waals surface area contributed by atoms with Crippen molar-refractivity contribution in [3.05, 3.63) is 0 Å². The van der Waals surface area contributed by atoms with Crippen molar-refractivity contribution in [2.24, 2.45) is 11.5 Å². The number of aliphatic hydroxyl groups is 8. The van der Waals surface area contributed by atoms with Gasteiger partial charge in [0.25, 0.3) is 0 Å². The average molecular weight is 560 g/mol. The van der Waals surface area contributed by atoms with Crippen LogP contribution in [0.3, 0.4) is 0 Å². The maximum Gasteiger partial charge on any atom is 0.317 e. The van der Waals surface area contributed by atoms with Gasteiger partial charge >= 0.3 is 5.97 Å². The van der Waals surface area contributed by atoms with Gasteiger partial charge in [-0.15, -0.1) is 0 Å². The lowest BCUT2D eigenvalue weighted by Crippen LogP contribution is -2.70. The van der Waals surface area contributed by atoms with Crippen LogP contribution >= 0.6 is 0 Å². The zero-order valence-corrected chi connectivity index (χ0v) is 20.1. The van der Waals surface area contributed by atoms with Gasteiger partial charge in [0.1, 0.15) is 54.9 Å². The zero-order valence-electron chi connectivity index (χ0n) is 20.1. The van der Waals surface area contributed by atoms with Crippen molar-refractivity contribution in [3.63, 3.8) is 0 Å². The van der Waals surface area contributed by atoms with Crippen LogP contribution in [0, 0.1) is 0 Å². The van der Waals surface area contributed by atoms with Crippen LogP contribution in [-0.4, -0.2) is 170 Å². The average Bonchev–Trinajstić information content (AvgIpc) is 2.89. The minimum Gasteiger partial charge on any atom is -0.480 e. The molecule has 2 unspecified atom stereocenters. The highest BCUT2D eigenvalue weighted by atomic mass is 16.7. The van der Waals surface area contributed by atoms with E-state index in [2.05, 4.69) is 5.32 Å². The SMILES string of the molecule is N[C@H]1[C@H](OC2[C@@H](CO)O[C@@H](OC3[C@@H](CO)O[C@@H](O)[C@H](N)[C@H]3O)[C@H](NCC(=O)O)[C@H]2O)O[C@H](CO)[C@@H](O)[C@@H]1O. The molecular weight excluding hydrogens is 522 g/mol. The van der Waals surface area contributed by atoms with Crippen LogP contribution in [0.2, 0.25) is 0 Å². The van der Waals surface area contributed by atoms with Crippen molar-refractivity contribution in [1.82, 2.24) is 5.32 Å². The Morgan fingerprint density at radius 1 is 0.711 bits per heavy atom. The van der Waals surface area contributed by atoms with Crippen LogP contribution in [0.1, 0.15) is 0 Å². The number of carboxylic acids is 1. The van der Waals surface area contributed by atoms with Gasteiger partial charge in [0.05, 0.1) is 44.5 Å². The molecule has 0 radical (unpaired) electrons. The number of nitrogens with two attached hydrogens (primary N) is 2. The second-order valence-corrected chi connectivity index (χ2v) is 9.32. The molecule has 0 aromatic heterocycles. The summed E-state index contributed by atoms with van der Waals surface area (Å²) in [5.74, 6) is -1.32. The fraction of sp³-hybridized carbons (Fsp3) is 0.950. The van der Waals surface area contributed by atoms with Crippen LogP contribution in [0.5, 0.6) is 0 Å². The van der Waals surface area contributed by atoms with Crippen molar-refractivity contribution >= 4 is 5.97 Å². The number of carboxylic acid groups (broad SMARTS) is 1. The van der Waals surface area contributed by atoms with E-state index in [-0.39, 0.29) is 0 Å². The third-order valence-electron chi connectivity index (χ3n) is 6.77. The van der Waals surface area contributed by atoms with Crippen LogP contribution in [0.25, 0.3) is 0 Å². The molecule has 3 aliphatic rings. The summed E-state index contributed by atoms with van der Waals surface area (Å²) in [6.45, 7) is -2.91. The van der Waals surface area contributed by atoms with Crippen LogP contribution in [-0.2, 0) is 28.5 Å². The Kier molecular flexibility index (Phi) is 11.1. The lowest BCUT2D eigenvalue weighted by molar-refractivity contribution is -0.350. The fourth-order valence-electron chi connectivity index (χ4n) is 4.58. The molecule has 18 nitrogen and oxygen atoms in total. The Labute approximate surface area is 216 Å². The Hall–Kier alpha value is -1.17. The highest BCUT2D eigenvalue weighted by Crippen LogP contribution is 2.31. The maximum absolute atomic E-state index is 11.2. The van der Waals surface area contributed by atoms with Gasteiger partial charge < -0.3 is 81.1 Å². The van der Waals surface area contributed by atoms with E-state index in [1.165, 1.54) is 0 Å². The third-order valence-corrected chi connectivity index (χ3v) is 6.77. The highest BCUT2D eigenvalue weighted by Gasteiger charge is 2.53. The Bertz CT molecular complexity index is 765. The number of aliphatic hydroxyl groups excluding tert-OH is 8. The van der Waals surface area contributed by atoms with Crippen LogP contribution in [0.4, 0.5) is 0 Å². The first-order valence-electron chi connectivity index (χ1n) is 11.9. The predicted octanol–water partition coefficient (Wildman–Crippen LogP) is -7.96. The van der Waals surface area contributed by atoms with Gasteiger partial charge in [-0.25, -0.2) is 0 Å². The maximum atomic E-state index is 11.2. The second-order valence-electron chi connectivity index (χ2n) is 9.32.